The lowest BCUT2D eigenvalue weighted by Crippen LogP contribution is -2.61. The van der Waals surface area contributed by atoms with Crippen LogP contribution in [0, 0.1) is 29.1 Å². The minimum Gasteiger partial charge on any atom is -0.356 e. The highest BCUT2D eigenvalue weighted by Gasteiger charge is 2.70. The summed E-state index contributed by atoms with van der Waals surface area (Å²) in [7, 11) is 0. The van der Waals surface area contributed by atoms with Crippen LogP contribution in [-0.4, -0.2) is 83.0 Å². The van der Waals surface area contributed by atoms with Crippen LogP contribution in [0.4, 0.5) is 17.6 Å². The Morgan fingerprint density at radius 1 is 1.26 bits per heavy atom. The number of carbonyl (C=O) groups is 5. The van der Waals surface area contributed by atoms with E-state index in [4.69, 9.17) is 11.6 Å². The predicted octanol–water partition coefficient (Wildman–Crippen LogP) is 1.09. The van der Waals surface area contributed by atoms with Gasteiger partial charge in [0.15, 0.2) is 0 Å². The minimum atomic E-state index is -5.21. The zero-order valence-corrected chi connectivity index (χ0v) is 22.2. The average molecular weight is 570 g/mol. The van der Waals surface area contributed by atoms with Crippen molar-refractivity contribution >= 4 is 41.1 Å². The molecule has 15 heteroatoms. The Labute approximate surface area is 222 Å². The normalized spacial score (nSPS) is 28.0. The van der Waals surface area contributed by atoms with E-state index in [0.717, 1.165) is 4.90 Å². The molecule has 1 aliphatic carbocycles. The number of nitrogens with one attached hydrogen (secondary N) is 3. The molecular weight excluding hydrogens is 538 g/mol. The minimum absolute atomic E-state index is 0.0453. The Kier molecular flexibility index (Phi) is 8.54. The van der Waals surface area contributed by atoms with E-state index < -0.39 is 70.7 Å². The van der Waals surface area contributed by atoms with Gasteiger partial charge in [0, 0.05) is 13.1 Å². The Morgan fingerprint density at radius 2 is 1.89 bits per heavy atom. The maximum Gasteiger partial charge on any atom is 0.471 e. The van der Waals surface area contributed by atoms with E-state index in [1.54, 1.807) is 12.2 Å². The number of likely N-dealkylation sites (tertiary alicyclic amines) is 1. The maximum absolute atomic E-state index is 13.7. The molecule has 0 bridgehead atoms. The number of carbonyl (C=O) groups excluding carboxylic acids is 5. The monoisotopic (exact) mass is 569 g/mol. The largest absolute Gasteiger partial charge is 0.471 e. The molecule has 3 N–H and O–H groups in total. The van der Waals surface area contributed by atoms with Crippen molar-refractivity contribution in [3.8, 4) is 0 Å². The van der Waals surface area contributed by atoms with E-state index in [2.05, 4.69) is 10.7 Å². The number of hydrazine groups is 1. The fraction of sp³-hybridized carbons (Fsp3) is 0.783. The van der Waals surface area contributed by atoms with E-state index in [-0.39, 0.29) is 31.3 Å². The van der Waals surface area contributed by atoms with Crippen LogP contribution in [0.2, 0.25) is 0 Å². The van der Waals surface area contributed by atoms with Crippen LogP contribution in [0.15, 0.2) is 0 Å². The highest BCUT2D eigenvalue weighted by molar-refractivity contribution is 6.29. The summed E-state index contributed by atoms with van der Waals surface area (Å²) in [6.45, 7) is 6.89. The third kappa shape index (κ3) is 5.84. The van der Waals surface area contributed by atoms with Crippen LogP contribution < -0.4 is 16.1 Å². The number of rotatable bonds is 8. The van der Waals surface area contributed by atoms with Crippen LogP contribution in [0.3, 0.4) is 0 Å². The van der Waals surface area contributed by atoms with Gasteiger partial charge >= 0.3 is 12.1 Å². The first-order valence-corrected chi connectivity index (χ1v) is 12.8. The maximum atomic E-state index is 13.7. The topological polar surface area (TPSA) is 128 Å². The molecule has 2 saturated heterocycles. The average Bonchev–Trinajstić information content (AvgIpc) is 3.19. The first-order chi connectivity index (χ1) is 17.5. The van der Waals surface area contributed by atoms with E-state index >= 15 is 0 Å². The molecule has 10 nitrogen and oxygen atoms in total. The number of piperidine rings is 1. The molecule has 2 aliphatic heterocycles. The molecule has 1 saturated carbocycles. The zero-order chi connectivity index (χ0) is 28.7. The molecule has 0 aromatic carbocycles. The SMILES string of the molecule is CC[C@@H](C)[C@H](NC(=O)C(F)(F)F)C(=O)N1C[C@H]2[C@@H]([C@H]1C(=O)NN(C[C@@H]1CCNC1=O)C(=O)[C@H](F)Cl)C2(C)C. The Morgan fingerprint density at radius 3 is 2.39 bits per heavy atom. The summed E-state index contributed by atoms with van der Waals surface area (Å²) in [5.74, 6) is -7.68. The van der Waals surface area contributed by atoms with Gasteiger partial charge in [-0.15, -0.1) is 0 Å². The van der Waals surface area contributed by atoms with E-state index in [0.29, 0.717) is 18.0 Å². The summed E-state index contributed by atoms with van der Waals surface area (Å²) < 4.78 is 52.6. The van der Waals surface area contributed by atoms with Gasteiger partial charge in [0.1, 0.15) is 12.1 Å². The molecule has 0 radical (unpaired) electrons. The van der Waals surface area contributed by atoms with Crippen molar-refractivity contribution in [2.24, 2.45) is 29.1 Å². The number of hydrogen-bond donors (Lipinski definition) is 3. The Balaban J connectivity index is 1.86. The van der Waals surface area contributed by atoms with Crippen molar-refractivity contribution in [3.05, 3.63) is 0 Å². The third-order valence-corrected chi connectivity index (χ3v) is 8.23. The van der Waals surface area contributed by atoms with Crippen LogP contribution in [0.1, 0.15) is 40.5 Å². The van der Waals surface area contributed by atoms with Crippen molar-refractivity contribution < 1.29 is 41.5 Å². The molecule has 0 unspecified atom stereocenters. The second-order valence-corrected chi connectivity index (χ2v) is 11.1. The highest BCUT2D eigenvalue weighted by atomic mass is 35.5. The van der Waals surface area contributed by atoms with E-state index in [1.807, 2.05) is 13.8 Å². The van der Waals surface area contributed by atoms with Gasteiger partial charge < -0.3 is 15.5 Å². The number of nitrogens with zero attached hydrogens (tertiary/aromatic N) is 2. The van der Waals surface area contributed by atoms with Gasteiger partial charge in [0.25, 0.3) is 17.4 Å². The summed E-state index contributed by atoms with van der Waals surface area (Å²) in [5, 5.41) is 4.94. The molecule has 3 aliphatic rings. The lowest BCUT2D eigenvalue weighted by Gasteiger charge is -2.36. The van der Waals surface area contributed by atoms with Crippen LogP contribution in [0.5, 0.6) is 0 Å². The van der Waals surface area contributed by atoms with Crippen molar-refractivity contribution in [3.63, 3.8) is 0 Å². The predicted molar refractivity (Wildman–Crippen MR) is 125 cm³/mol. The van der Waals surface area contributed by atoms with Gasteiger partial charge in [0.2, 0.25) is 11.8 Å². The molecule has 7 atom stereocenters. The van der Waals surface area contributed by atoms with Gasteiger partial charge in [-0.25, -0.2) is 9.40 Å². The zero-order valence-electron chi connectivity index (χ0n) is 21.4. The molecule has 214 valence electrons. The van der Waals surface area contributed by atoms with Crippen LogP contribution >= 0.6 is 11.6 Å². The lowest BCUT2D eigenvalue weighted by atomic mass is 9.95. The van der Waals surface area contributed by atoms with Crippen molar-refractivity contribution in [2.75, 3.05) is 19.6 Å². The fourth-order valence-electron chi connectivity index (χ4n) is 5.45. The molecule has 2 heterocycles. The van der Waals surface area contributed by atoms with Crippen LogP contribution in [0.25, 0.3) is 0 Å². The van der Waals surface area contributed by atoms with Gasteiger partial charge in [0.05, 0.1) is 12.5 Å². The second-order valence-electron chi connectivity index (χ2n) is 10.7. The summed E-state index contributed by atoms with van der Waals surface area (Å²) in [5.41, 5.74) is -0.615. The summed E-state index contributed by atoms with van der Waals surface area (Å²) in [6.07, 6.45) is -4.62. The fourth-order valence-corrected chi connectivity index (χ4v) is 5.56. The number of fused-ring (bicyclic) bond motifs is 1. The molecule has 3 rings (SSSR count). The van der Waals surface area contributed by atoms with Gasteiger partial charge in [-0.1, -0.05) is 45.7 Å². The third-order valence-electron chi connectivity index (χ3n) is 8.05. The number of halogens is 5. The number of amides is 5. The number of hydrogen-bond acceptors (Lipinski definition) is 5. The highest BCUT2D eigenvalue weighted by Crippen LogP contribution is 2.65. The summed E-state index contributed by atoms with van der Waals surface area (Å²) in [6, 6.07) is -2.76. The molecule has 3 fully saturated rings. The first-order valence-electron chi connectivity index (χ1n) is 12.4. The smallest absolute Gasteiger partial charge is 0.356 e. The summed E-state index contributed by atoms with van der Waals surface area (Å²) in [4.78, 5) is 64.2. The molecule has 38 heavy (non-hydrogen) atoms. The van der Waals surface area contributed by atoms with Crippen molar-refractivity contribution in [1.82, 2.24) is 26.0 Å². The van der Waals surface area contributed by atoms with Gasteiger partial charge in [-0.2, -0.15) is 13.2 Å². The molecule has 0 aromatic heterocycles. The molecule has 0 spiro atoms. The van der Waals surface area contributed by atoms with Gasteiger partial charge in [-0.3, -0.25) is 29.4 Å². The van der Waals surface area contributed by atoms with Gasteiger partial charge in [-0.05, 0) is 29.6 Å². The quantitative estimate of drug-likeness (QED) is 0.229. The summed E-state index contributed by atoms with van der Waals surface area (Å²) >= 11 is 5.32. The van der Waals surface area contributed by atoms with E-state index in [1.165, 1.54) is 6.92 Å². The first kappa shape index (κ1) is 29.9. The standard InChI is InChI=1S/C23H32ClF4N5O5/c1-5-10(2)14(30-21(38)23(26,27)28)19(36)32-9-12-13(22(12,3)4)15(32)18(35)31-33(20(37)16(24)25)8-11-6-7-29-17(11)34/h10-16H,5-9H2,1-4H3,(H,29,34)(H,30,38)(H,31,35)/t10-,11+,12+,13+,14+,15+,16+/m1/s1. The Hall–Kier alpha value is -2.64. The number of alkyl halides is 5. The molecular formula is C23H32ClF4N5O5. The van der Waals surface area contributed by atoms with Crippen molar-refractivity contribution in [1.29, 1.82) is 0 Å². The Bertz CT molecular complexity index is 994. The lowest BCUT2D eigenvalue weighted by molar-refractivity contribution is -0.175. The molecule has 5 amide bonds. The second kappa shape index (κ2) is 10.9. The van der Waals surface area contributed by atoms with Crippen molar-refractivity contribution in [2.45, 2.75) is 64.4 Å². The van der Waals surface area contributed by atoms with Crippen LogP contribution in [-0.2, 0) is 24.0 Å². The molecule has 0 aromatic rings. The van der Waals surface area contributed by atoms with E-state index in [9.17, 15) is 41.5 Å².